The van der Waals surface area contributed by atoms with E-state index in [2.05, 4.69) is 22.1 Å². The lowest BCUT2D eigenvalue weighted by Crippen LogP contribution is -2.51. The van der Waals surface area contributed by atoms with Crippen molar-refractivity contribution < 1.29 is 9.90 Å². The number of likely N-dealkylation sites (N-methyl/N-ethyl adjacent to an activating group) is 1. The molecule has 0 radical (unpaired) electrons. The van der Waals surface area contributed by atoms with Gasteiger partial charge in [-0.25, -0.2) is 4.68 Å². The third-order valence-corrected chi connectivity index (χ3v) is 5.15. The van der Waals surface area contributed by atoms with Crippen LogP contribution in [0.5, 0.6) is 0 Å². The van der Waals surface area contributed by atoms with E-state index >= 15 is 0 Å². The maximum atomic E-state index is 12.7. The van der Waals surface area contributed by atoms with Gasteiger partial charge in [0.2, 0.25) is 5.91 Å². The van der Waals surface area contributed by atoms with E-state index in [4.69, 9.17) is 0 Å². The average Bonchev–Trinajstić information content (AvgIpc) is 3.26. The van der Waals surface area contributed by atoms with Crippen LogP contribution in [0.25, 0.3) is 0 Å². The van der Waals surface area contributed by atoms with Gasteiger partial charge in [0, 0.05) is 18.6 Å². The van der Waals surface area contributed by atoms with Gasteiger partial charge in [0.15, 0.2) is 0 Å². The van der Waals surface area contributed by atoms with E-state index < -0.39 is 5.60 Å². The van der Waals surface area contributed by atoms with Crippen LogP contribution in [0, 0.1) is 0 Å². The van der Waals surface area contributed by atoms with Gasteiger partial charge in [0.25, 0.3) is 0 Å². The van der Waals surface area contributed by atoms with Crippen molar-refractivity contribution in [2.24, 2.45) is 0 Å². The van der Waals surface area contributed by atoms with Crippen molar-refractivity contribution >= 4 is 5.91 Å². The quantitative estimate of drug-likeness (QED) is 0.844. The number of nitrogens with zero attached hydrogens (tertiary/aromatic N) is 5. The van der Waals surface area contributed by atoms with Gasteiger partial charge in [-0.3, -0.25) is 9.69 Å². The Kier molecular flexibility index (Phi) is 4.92. The molecular weight excluding hydrogens is 306 g/mol. The highest BCUT2D eigenvalue weighted by atomic mass is 16.3. The highest BCUT2D eigenvalue weighted by Gasteiger charge is 2.40. The standard InChI is InChI=1S/C17H29N5O2/c1-4-20(14-6-7-14)11-16(23)21-9-5-8-17(24,12-21)15-10-22(13(2)3)19-18-15/h10,13-14,24H,4-9,11-12H2,1-3H3. The summed E-state index contributed by atoms with van der Waals surface area (Å²) in [6.45, 7) is 8.52. The maximum absolute atomic E-state index is 12.7. The van der Waals surface area contributed by atoms with Gasteiger partial charge in [-0.1, -0.05) is 12.1 Å². The summed E-state index contributed by atoms with van der Waals surface area (Å²) in [5.41, 5.74) is -0.513. The summed E-state index contributed by atoms with van der Waals surface area (Å²) in [5.74, 6) is 0.109. The van der Waals surface area contributed by atoms with Gasteiger partial charge in [-0.15, -0.1) is 5.10 Å². The Morgan fingerprint density at radius 1 is 1.50 bits per heavy atom. The second kappa shape index (κ2) is 6.80. The first kappa shape index (κ1) is 17.4. The van der Waals surface area contributed by atoms with Crippen LogP contribution >= 0.6 is 0 Å². The molecule has 1 amide bonds. The van der Waals surface area contributed by atoms with Crippen LogP contribution in [-0.2, 0) is 10.4 Å². The third kappa shape index (κ3) is 3.62. The van der Waals surface area contributed by atoms with Gasteiger partial charge in [-0.2, -0.15) is 0 Å². The van der Waals surface area contributed by atoms with Crippen molar-refractivity contribution in [3.63, 3.8) is 0 Å². The number of piperidine rings is 1. The number of carbonyl (C=O) groups excluding carboxylic acids is 1. The number of hydrogen-bond acceptors (Lipinski definition) is 5. The summed E-state index contributed by atoms with van der Waals surface area (Å²) in [5, 5.41) is 19.3. The summed E-state index contributed by atoms with van der Waals surface area (Å²) in [6.07, 6.45) is 5.61. The molecule has 0 aromatic carbocycles. The van der Waals surface area contributed by atoms with Crippen molar-refractivity contribution in [1.82, 2.24) is 24.8 Å². The van der Waals surface area contributed by atoms with Crippen molar-refractivity contribution in [3.8, 4) is 0 Å². The van der Waals surface area contributed by atoms with E-state index in [0.717, 1.165) is 13.0 Å². The Morgan fingerprint density at radius 3 is 2.83 bits per heavy atom. The van der Waals surface area contributed by atoms with Crippen molar-refractivity contribution in [2.75, 3.05) is 26.2 Å². The molecule has 134 valence electrons. The molecule has 2 heterocycles. The first-order valence-corrected chi connectivity index (χ1v) is 9.09. The number of hydrogen-bond donors (Lipinski definition) is 1. The third-order valence-electron chi connectivity index (χ3n) is 5.15. The van der Waals surface area contributed by atoms with Gasteiger partial charge in [0.05, 0.1) is 19.3 Å². The predicted molar refractivity (Wildman–Crippen MR) is 90.4 cm³/mol. The van der Waals surface area contributed by atoms with Crippen molar-refractivity contribution in [1.29, 1.82) is 0 Å². The zero-order chi connectivity index (χ0) is 17.3. The van der Waals surface area contributed by atoms with Crippen LogP contribution in [0.2, 0.25) is 0 Å². The molecule has 0 spiro atoms. The van der Waals surface area contributed by atoms with E-state index in [0.29, 0.717) is 37.8 Å². The molecule has 2 fully saturated rings. The molecule has 7 nitrogen and oxygen atoms in total. The second-order valence-electron chi connectivity index (χ2n) is 7.42. The largest absolute Gasteiger partial charge is 0.382 e. The zero-order valence-corrected chi connectivity index (χ0v) is 15.0. The lowest BCUT2D eigenvalue weighted by molar-refractivity contribution is -0.140. The molecule has 24 heavy (non-hydrogen) atoms. The highest BCUT2D eigenvalue weighted by Crippen LogP contribution is 2.31. The molecular formula is C17H29N5O2. The Bertz CT molecular complexity index is 583. The molecule has 1 atom stereocenters. The van der Waals surface area contributed by atoms with Gasteiger partial charge < -0.3 is 10.0 Å². The summed E-state index contributed by atoms with van der Waals surface area (Å²) >= 11 is 0. The first-order chi connectivity index (χ1) is 11.4. The number of rotatable bonds is 6. The lowest BCUT2D eigenvalue weighted by Gasteiger charge is -2.38. The van der Waals surface area contributed by atoms with Gasteiger partial charge in [0.1, 0.15) is 11.3 Å². The normalized spacial score (nSPS) is 24.8. The Morgan fingerprint density at radius 2 is 2.25 bits per heavy atom. The molecule has 1 saturated heterocycles. The maximum Gasteiger partial charge on any atom is 0.236 e. The van der Waals surface area contributed by atoms with Crippen LogP contribution in [0.1, 0.15) is 58.2 Å². The Balaban J connectivity index is 1.67. The molecule has 1 aliphatic heterocycles. The van der Waals surface area contributed by atoms with Crippen LogP contribution in [0.4, 0.5) is 0 Å². The first-order valence-electron chi connectivity index (χ1n) is 9.09. The van der Waals surface area contributed by atoms with Gasteiger partial charge in [-0.05, 0) is 46.1 Å². The lowest BCUT2D eigenvalue weighted by atomic mass is 9.90. The van der Waals surface area contributed by atoms with E-state index in [1.807, 2.05) is 13.8 Å². The van der Waals surface area contributed by atoms with E-state index in [1.165, 1.54) is 12.8 Å². The van der Waals surface area contributed by atoms with Gasteiger partial charge >= 0.3 is 0 Å². The summed E-state index contributed by atoms with van der Waals surface area (Å²) in [7, 11) is 0. The fourth-order valence-corrected chi connectivity index (χ4v) is 3.41. The summed E-state index contributed by atoms with van der Waals surface area (Å²) in [6, 6.07) is 0.779. The molecule has 3 rings (SSSR count). The predicted octanol–water partition coefficient (Wildman–Crippen LogP) is 1.15. The molecule has 1 aromatic rings. The molecule has 2 aliphatic rings. The minimum atomic E-state index is -1.09. The monoisotopic (exact) mass is 335 g/mol. The van der Waals surface area contributed by atoms with Crippen molar-refractivity contribution in [3.05, 3.63) is 11.9 Å². The smallest absolute Gasteiger partial charge is 0.236 e. The number of likely N-dealkylation sites (tertiary alicyclic amines) is 1. The molecule has 1 unspecified atom stereocenters. The second-order valence-corrected chi connectivity index (χ2v) is 7.42. The number of aliphatic hydroxyl groups is 1. The van der Waals surface area contributed by atoms with Crippen molar-refractivity contribution in [2.45, 2.75) is 64.1 Å². The van der Waals surface area contributed by atoms with Crippen LogP contribution in [0.3, 0.4) is 0 Å². The molecule has 1 N–H and O–H groups in total. The van der Waals surface area contributed by atoms with E-state index in [1.54, 1.807) is 15.8 Å². The van der Waals surface area contributed by atoms with E-state index in [9.17, 15) is 9.90 Å². The Hall–Kier alpha value is -1.47. The number of carbonyl (C=O) groups is 1. The highest BCUT2D eigenvalue weighted by molar-refractivity contribution is 5.78. The number of amides is 1. The summed E-state index contributed by atoms with van der Waals surface area (Å²) < 4.78 is 1.75. The molecule has 1 saturated carbocycles. The molecule has 7 heteroatoms. The topological polar surface area (TPSA) is 74.5 Å². The zero-order valence-electron chi connectivity index (χ0n) is 15.0. The van der Waals surface area contributed by atoms with E-state index in [-0.39, 0.29) is 11.9 Å². The fourth-order valence-electron chi connectivity index (χ4n) is 3.41. The van der Waals surface area contributed by atoms with Crippen LogP contribution < -0.4 is 0 Å². The SMILES string of the molecule is CCN(CC(=O)N1CCCC(O)(c2cn(C(C)C)nn2)C1)C1CC1. The minimum Gasteiger partial charge on any atom is -0.382 e. The average molecular weight is 335 g/mol. The summed E-state index contributed by atoms with van der Waals surface area (Å²) in [4.78, 5) is 16.7. The molecule has 1 aliphatic carbocycles. The fraction of sp³-hybridized carbons (Fsp3) is 0.824. The minimum absolute atomic E-state index is 0.109. The molecule has 1 aromatic heterocycles. The Labute approximate surface area is 143 Å². The number of β-amino-alcohol motifs (C(OH)–C–C–N with tert-alkyl or cyclic N) is 1. The molecule has 0 bridgehead atoms. The van der Waals surface area contributed by atoms with Crippen LogP contribution in [-0.4, -0.2) is 68.0 Å². The van der Waals surface area contributed by atoms with Crippen LogP contribution in [0.15, 0.2) is 6.20 Å². The number of aromatic nitrogens is 3.